The summed E-state index contributed by atoms with van der Waals surface area (Å²) in [4.78, 5) is 22.3. The number of nitrogens with zero attached hydrogens (tertiary/aromatic N) is 3. The van der Waals surface area contributed by atoms with Gasteiger partial charge in [-0.2, -0.15) is 0 Å². The first kappa shape index (κ1) is 16.5. The summed E-state index contributed by atoms with van der Waals surface area (Å²) in [7, 11) is 0. The molecule has 1 amide bonds. The maximum absolute atomic E-state index is 11.7. The van der Waals surface area contributed by atoms with E-state index < -0.39 is 0 Å². The van der Waals surface area contributed by atoms with E-state index in [0.717, 1.165) is 18.5 Å². The van der Waals surface area contributed by atoms with Crippen molar-refractivity contribution in [2.75, 3.05) is 13.1 Å². The summed E-state index contributed by atoms with van der Waals surface area (Å²) in [5.41, 5.74) is 0.808. The average Bonchev–Trinajstić information content (AvgIpc) is 2.63. The van der Waals surface area contributed by atoms with E-state index in [1.165, 1.54) is 6.08 Å². The first-order chi connectivity index (χ1) is 11.7. The van der Waals surface area contributed by atoms with Gasteiger partial charge in [-0.15, -0.1) is 0 Å². The van der Waals surface area contributed by atoms with Crippen LogP contribution in [0.3, 0.4) is 0 Å². The summed E-state index contributed by atoms with van der Waals surface area (Å²) in [6.07, 6.45) is 6.25. The van der Waals surface area contributed by atoms with Crippen LogP contribution in [0.1, 0.15) is 24.5 Å². The highest BCUT2D eigenvalue weighted by molar-refractivity contribution is 6.32. The number of likely N-dealkylation sites (tertiary alicyclic amines) is 1. The predicted octanol–water partition coefficient (Wildman–Crippen LogP) is 3.81. The van der Waals surface area contributed by atoms with Crippen molar-refractivity contribution in [3.8, 4) is 11.6 Å². The summed E-state index contributed by atoms with van der Waals surface area (Å²) in [6.45, 7) is 4.89. The van der Waals surface area contributed by atoms with Crippen molar-refractivity contribution >= 4 is 17.5 Å². The van der Waals surface area contributed by atoms with E-state index in [2.05, 4.69) is 16.5 Å². The summed E-state index contributed by atoms with van der Waals surface area (Å²) in [5.74, 6) is 1.20. The predicted molar refractivity (Wildman–Crippen MR) is 92.3 cm³/mol. The van der Waals surface area contributed by atoms with E-state index in [1.807, 2.05) is 12.1 Å². The van der Waals surface area contributed by atoms with Crippen LogP contribution in [-0.2, 0) is 4.79 Å². The highest BCUT2D eigenvalue weighted by Gasteiger charge is 2.26. The van der Waals surface area contributed by atoms with Crippen LogP contribution in [0.5, 0.6) is 11.6 Å². The topological polar surface area (TPSA) is 55.3 Å². The molecule has 0 bridgehead atoms. The number of carbonyl (C=O) groups is 1. The highest BCUT2D eigenvalue weighted by Crippen LogP contribution is 2.35. The molecular formula is C18H18ClN3O2. The van der Waals surface area contributed by atoms with Gasteiger partial charge >= 0.3 is 0 Å². The van der Waals surface area contributed by atoms with Crippen LogP contribution >= 0.6 is 11.6 Å². The van der Waals surface area contributed by atoms with Crippen LogP contribution < -0.4 is 4.74 Å². The van der Waals surface area contributed by atoms with Crippen molar-refractivity contribution in [1.82, 2.24) is 14.9 Å². The molecule has 0 radical (unpaired) electrons. The average molecular weight is 344 g/mol. The van der Waals surface area contributed by atoms with Gasteiger partial charge in [0.05, 0.1) is 5.02 Å². The lowest BCUT2D eigenvalue weighted by Gasteiger charge is -2.31. The zero-order valence-corrected chi connectivity index (χ0v) is 13.9. The molecule has 1 aromatic carbocycles. The van der Waals surface area contributed by atoms with E-state index in [1.54, 1.807) is 29.4 Å². The summed E-state index contributed by atoms with van der Waals surface area (Å²) < 4.78 is 5.89. The molecule has 0 N–H and O–H groups in total. The molecule has 124 valence electrons. The van der Waals surface area contributed by atoms with Gasteiger partial charge in [0.25, 0.3) is 0 Å². The van der Waals surface area contributed by atoms with Gasteiger partial charge in [0.2, 0.25) is 11.8 Å². The molecule has 2 aromatic rings. The Balaban J connectivity index is 1.77. The number of carbonyl (C=O) groups excluding carboxylic acids is 1. The zero-order chi connectivity index (χ0) is 16.9. The van der Waals surface area contributed by atoms with Crippen LogP contribution in [0.4, 0.5) is 0 Å². The number of halogens is 1. The number of hydrogen-bond donors (Lipinski definition) is 0. The minimum atomic E-state index is -0.0277. The standard InChI is InChI=1S/C18H18ClN3O2/c1-2-16(23)22-11-7-13(8-12-22)17-18(21-10-9-20-17)24-15-6-4-3-5-14(15)19/h2-6,9-10,13H,1,7-8,11-12H2. The smallest absolute Gasteiger partial charge is 0.245 e. The minimum absolute atomic E-state index is 0.0277. The molecule has 0 spiro atoms. The van der Waals surface area contributed by atoms with E-state index in [9.17, 15) is 4.79 Å². The van der Waals surface area contributed by atoms with Gasteiger partial charge < -0.3 is 9.64 Å². The van der Waals surface area contributed by atoms with E-state index in [0.29, 0.717) is 29.7 Å². The van der Waals surface area contributed by atoms with Gasteiger partial charge in [0.15, 0.2) is 0 Å². The number of para-hydroxylation sites is 1. The number of aromatic nitrogens is 2. The molecule has 0 unspecified atom stereocenters. The second-order valence-corrected chi connectivity index (χ2v) is 5.99. The lowest BCUT2D eigenvalue weighted by atomic mass is 9.93. The molecular weight excluding hydrogens is 326 g/mol. The van der Waals surface area contributed by atoms with Gasteiger partial charge in [-0.3, -0.25) is 9.78 Å². The third-order valence-electron chi connectivity index (χ3n) is 4.10. The van der Waals surface area contributed by atoms with Gasteiger partial charge in [0, 0.05) is 31.4 Å². The van der Waals surface area contributed by atoms with Gasteiger partial charge in [-0.1, -0.05) is 30.3 Å². The van der Waals surface area contributed by atoms with Crippen molar-refractivity contribution in [1.29, 1.82) is 0 Å². The number of hydrogen-bond acceptors (Lipinski definition) is 4. The normalized spacial score (nSPS) is 15.1. The summed E-state index contributed by atoms with van der Waals surface area (Å²) in [6, 6.07) is 7.27. The second kappa shape index (κ2) is 7.45. The molecule has 1 aliphatic heterocycles. The van der Waals surface area contributed by atoms with Crippen LogP contribution in [0.2, 0.25) is 5.02 Å². The molecule has 24 heavy (non-hydrogen) atoms. The first-order valence-corrected chi connectivity index (χ1v) is 8.21. The molecule has 3 rings (SSSR count). The van der Waals surface area contributed by atoms with Crippen molar-refractivity contribution in [3.05, 3.63) is 60.0 Å². The summed E-state index contributed by atoms with van der Waals surface area (Å²) >= 11 is 6.16. The minimum Gasteiger partial charge on any atom is -0.436 e. The van der Waals surface area contributed by atoms with Crippen molar-refractivity contribution in [2.24, 2.45) is 0 Å². The summed E-state index contributed by atoms with van der Waals surface area (Å²) in [5, 5.41) is 0.528. The fraction of sp³-hybridized carbons (Fsp3) is 0.278. The number of amides is 1. The molecule has 6 heteroatoms. The monoisotopic (exact) mass is 343 g/mol. The molecule has 1 aliphatic rings. The fourth-order valence-electron chi connectivity index (χ4n) is 2.83. The van der Waals surface area contributed by atoms with Crippen LogP contribution in [0, 0.1) is 0 Å². The molecule has 0 saturated carbocycles. The molecule has 1 fully saturated rings. The largest absolute Gasteiger partial charge is 0.436 e. The van der Waals surface area contributed by atoms with Crippen molar-refractivity contribution < 1.29 is 9.53 Å². The van der Waals surface area contributed by atoms with Crippen molar-refractivity contribution in [3.63, 3.8) is 0 Å². The Bertz CT molecular complexity index is 743. The van der Waals surface area contributed by atoms with E-state index in [-0.39, 0.29) is 11.8 Å². The van der Waals surface area contributed by atoms with Gasteiger partial charge in [-0.05, 0) is 31.1 Å². The third-order valence-corrected chi connectivity index (χ3v) is 4.41. The Morgan fingerprint density at radius 1 is 1.25 bits per heavy atom. The number of benzene rings is 1. The molecule has 2 heterocycles. The molecule has 0 aliphatic carbocycles. The van der Waals surface area contributed by atoms with Gasteiger partial charge in [0.1, 0.15) is 11.4 Å². The molecule has 1 saturated heterocycles. The molecule has 0 atom stereocenters. The maximum Gasteiger partial charge on any atom is 0.245 e. The highest BCUT2D eigenvalue weighted by atomic mass is 35.5. The number of ether oxygens (including phenoxy) is 1. The Morgan fingerprint density at radius 3 is 2.67 bits per heavy atom. The lowest BCUT2D eigenvalue weighted by molar-refractivity contribution is -0.127. The lowest BCUT2D eigenvalue weighted by Crippen LogP contribution is -2.37. The third kappa shape index (κ3) is 3.57. The second-order valence-electron chi connectivity index (χ2n) is 5.58. The quantitative estimate of drug-likeness (QED) is 0.792. The van der Waals surface area contributed by atoms with E-state index >= 15 is 0 Å². The SMILES string of the molecule is C=CC(=O)N1CCC(c2nccnc2Oc2ccccc2Cl)CC1. The molecule has 5 nitrogen and oxygen atoms in total. The van der Waals surface area contributed by atoms with Crippen molar-refractivity contribution in [2.45, 2.75) is 18.8 Å². The Hall–Kier alpha value is -2.40. The zero-order valence-electron chi connectivity index (χ0n) is 13.2. The maximum atomic E-state index is 11.7. The van der Waals surface area contributed by atoms with Crippen LogP contribution in [-0.4, -0.2) is 33.9 Å². The molecule has 1 aromatic heterocycles. The first-order valence-electron chi connectivity index (χ1n) is 7.83. The number of rotatable bonds is 4. The Morgan fingerprint density at radius 2 is 1.96 bits per heavy atom. The number of piperidine rings is 1. The fourth-order valence-corrected chi connectivity index (χ4v) is 3.00. The van der Waals surface area contributed by atoms with Crippen LogP contribution in [0.25, 0.3) is 0 Å². The Kier molecular flexibility index (Phi) is 5.11. The van der Waals surface area contributed by atoms with Crippen LogP contribution in [0.15, 0.2) is 49.3 Å². The van der Waals surface area contributed by atoms with E-state index in [4.69, 9.17) is 16.3 Å². The Labute approximate surface area is 145 Å². The van der Waals surface area contributed by atoms with Gasteiger partial charge in [-0.25, -0.2) is 4.98 Å².